The Morgan fingerprint density at radius 1 is 1.00 bits per heavy atom. The summed E-state index contributed by atoms with van der Waals surface area (Å²) in [5.41, 5.74) is 2.03. The molecule has 2 rings (SSSR count). The minimum Gasteiger partial charge on any atom is -0.313 e. The highest BCUT2D eigenvalue weighted by atomic mass is 19.1. The Morgan fingerprint density at radius 2 is 1.79 bits per heavy atom. The van der Waals surface area contributed by atoms with E-state index in [-0.39, 0.29) is 11.6 Å². The summed E-state index contributed by atoms with van der Waals surface area (Å²) in [4.78, 5) is 0. The molecule has 0 radical (unpaired) electrons. The molecular weight excluding hydrogens is 244 g/mol. The third-order valence-corrected chi connectivity index (χ3v) is 2.97. The second-order valence-electron chi connectivity index (χ2n) is 4.46. The number of halogens is 2. The number of rotatable bonds is 5. The molecule has 1 nitrogen and oxygen atoms in total. The van der Waals surface area contributed by atoms with E-state index in [1.165, 1.54) is 18.2 Å². The number of hydrogen-bond donors (Lipinski definition) is 1. The van der Waals surface area contributed by atoms with Crippen LogP contribution in [-0.2, 0) is 6.54 Å². The zero-order chi connectivity index (χ0) is 13.7. The lowest BCUT2D eigenvalue weighted by atomic mass is 9.99. The monoisotopic (exact) mass is 261 g/mol. The first-order valence-electron chi connectivity index (χ1n) is 6.46. The number of nitrogens with one attached hydrogen (secondary N) is 1. The van der Waals surface area contributed by atoms with Gasteiger partial charge in [-0.2, -0.15) is 0 Å². The average molecular weight is 261 g/mol. The van der Waals surface area contributed by atoms with Gasteiger partial charge >= 0.3 is 0 Å². The van der Waals surface area contributed by atoms with Crippen LogP contribution < -0.4 is 5.32 Å². The van der Waals surface area contributed by atoms with Crippen LogP contribution in [0.5, 0.6) is 0 Å². The van der Waals surface area contributed by atoms with Crippen molar-refractivity contribution in [3.8, 4) is 11.1 Å². The van der Waals surface area contributed by atoms with Gasteiger partial charge in [-0.25, -0.2) is 8.78 Å². The van der Waals surface area contributed by atoms with Gasteiger partial charge in [-0.1, -0.05) is 31.2 Å². The van der Waals surface area contributed by atoms with E-state index in [1.54, 1.807) is 24.3 Å². The Labute approximate surface area is 112 Å². The van der Waals surface area contributed by atoms with Crippen LogP contribution in [-0.4, -0.2) is 6.54 Å². The van der Waals surface area contributed by atoms with Gasteiger partial charge in [0.15, 0.2) is 0 Å². The van der Waals surface area contributed by atoms with Crippen molar-refractivity contribution in [2.24, 2.45) is 0 Å². The molecule has 0 saturated carbocycles. The second kappa shape index (κ2) is 6.43. The fourth-order valence-corrected chi connectivity index (χ4v) is 2.05. The molecule has 0 fully saturated rings. The van der Waals surface area contributed by atoms with Crippen molar-refractivity contribution in [3.63, 3.8) is 0 Å². The molecule has 0 heterocycles. The molecular formula is C16H17F2N. The molecule has 0 unspecified atom stereocenters. The summed E-state index contributed by atoms with van der Waals surface area (Å²) in [6, 6.07) is 11.0. The van der Waals surface area contributed by atoms with Crippen LogP contribution in [0.3, 0.4) is 0 Å². The Hall–Kier alpha value is -1.74. The van der Waals surface area contributed by atoms with Crippen molar-refractivity contribution in [2.45, 2.75) is 19.9 Å². The maximum absolute atomic E-state index is 13.8. The largest absolute Gasteiger partial charge is 0.313 e. The fourth-order valence-electron chi connectivity index (χ4n) is 2.05. The standard InChI is InChI=1S/C16H17F2N/c1-2-9-19-11-12-10-13(17)7-8-14(12)15-5-3-4-6-16(15)18/h3-8,10,19H,2,9,11H2,1H3. The molecule has 0 aliphatic heterocycles. The fraction of sp³-hybridized carbons (Fsp3) is 0.250. The first kappa shape index (κ1) is 13.7. The van der Waals surface area contributed by atoms with Gasteiger partial charge in [0.1, 0.15) is 11.6 Å². The number of hydrogen-bond acceptors (Lipinski definition) is 1. The summed E-state index contributed by atoms with van der Waals surface area (Å²) in [7, 11) is 0. The van der Waals surface area contributed by atoms with Crippen LogP contribution in [0.1, 0.15) is 18.9 Å². The van der Waals surface area contributed by atoms with E-state index < -0.39 is 0 Å². The van der Waals surface area contributed by atoms with E-state index in [0.717, 1.165) is 24.1 Å². The van der Waals surface area contributed by atoms with Gasteiger partial charge in [-0.05, 0) is 42.3 Å². The van der Waals surface area contributed by atoms with Gasteiger partial charge in [0, 0.05) is 12.1 Å². The highest BCUT2D eigenvalue weighted by Gasteiger charge is 2.10. The molecule has 19 heavy (non-hydrogen) atoms. The molecule has 100 valence electrons. The molecule has 0 aliphatic rings. The summed E-state index contributed by atoms with van der Waals surface area (Å²) in [6.07, 6.45) is 1.00. The maximum atomic E-state index is 13.8. The van der Waals surface area contributed by atoms with Crippen LogP contribution >= 0.6 is 0 Å². The molecule has 1 N–H and O–H groups in total. The molecule has 0 aliphatic carbocycles. The maximum Gasteiger partial charge on any atom is 0.131 e. The quantitative estimate of drug-likeness (QED) is 0.798. The van der Waals surface area contributed by atoms with Crippen molar-refractivity contribution in [1.82, 2.24) is 5.32 Å². The zero-order valence-corrected chi connectivity index (χ0v) is 10.9. The van der Waals surface area contributed by atoms with Crippen LogP contribution in [0.15, 0.2) is 42.5 Å². The van der Waals surface area contributed by atoms with Crippen LogP contribution in [0.2, 0.25) is 0 Å². The van der Waals surface area contributed by atoms with Gasteiger partial charge in [0.25, 0.3) is 0 Å². The normalized spacial score (nSPS) is 10.7. The predicted molar refractivity (Wildman–Crippen MR) is 73.8 cm³/mol. The summed E-state index contributed by atoms with van der Waals surface area (Å²) in [5, 5.41) is 3.22. The Kier molecular flexibility index (Phi) is 4.63. The first-order chi connectivity index (χ1) is 9.22. The van der Waals surface area contributed by atoms with E-state index in [0.29, 0.717) is 12.1 Å². The molecule has 2 aromatic rings. The van der Waals surface area contributed by atoms with Gasteiger partial charge in [-0.3, -0.25) is 0 Å². The second-order valence-corrected chi connectivity index (χ2v) is 4.46. The van der Waals surface area contributed by atoms with Crippen LogP contribution in [0.25, 0.3) is 11.1 Å². The number of benzene rings is 2. The predicted octanol–water partition coefficient (Wildman–Crippen LogP) is 4.13. The van der Waals surface area contributed by atoms with Crippen molar-refractivity contribution >= 4 is 0 Å². The Morgan fingerprint density at radius 3 is 2.53 bits per heavy atom. The summed E-state index contributed by atoms with van der Waals surface area (Å²) in [5.74, 6) is -0.584. The van der Waals surface area contributed by atoms with Gasteiger partial charge in [-0.15, -0.1) is 0 Å². The first-order valence-corrected chi connectivity index (χ1v) is 6.46. The molecule has 0 bridgehead atoms. The Bertz CT molecular complexity index is 552. The Balaban J connectivity index is 2.36. The molecule has 0 amide bonds. The van der Waals surface area contributed by atoms with Crippen LogP contribution in [0, 0.1) is 11.6 Å². The van der Waals surface area contributed by atoms with Crippen molar-refractivity contribution < 1.29 is 8.78 Å². The van der Waals surface area contributed by atoms with E-state index in [9.17, 15) is 8.78 Å². The highest BCUT2D eigenvalue weighted by Crippen LogP contribution is 2.26. The third-order valence-electron chi connectivity index (χ3n) is 2.97. The van der Waals surface area contributed by atoms with E-state index in [2.05, 4.69) is 12.2 Å². The smallest absolute Gasteiger partial charge is 0.131 e. The highest BCUT2D eigenvalue weighted by molar-refractivity contribution is 5.67. The average Bonchev–Trinajstić information content (AvgIpc) is 2.40. The SMILES string of the molecule is CCCNCc1cc(F)ccc1-c1ccccc1F. The molecule has 0 aromatic heterocycles. The minimum absolute atomic E-state index is 0.286. The van der Waals surface area contributed by atoms with Crippen molar-refractivity contribution in [1.29, 1.82) is 0 Å². The van der Waals surface area contributed by atoms with Crippen molar-refractivity contribution in [3.05, 3.63) is 59.7 Å². The van der Waals surface area contributed by atoms with Crippen LogP contribution in [0.4, 0.5) is 8.78 Å². The van der Waals surface area contributed by atoms with E-state index in [4.69, 9.17) is 0 Å². The van der Waals surface area contributed by atoms with Gasteiger partial charge in [0.05, 0.1) is 0 Å². The summed E-state index contributed by atoms with van der Waals surface area (Å²) < 4.78 is 27.2. The lowest BCUT2D eigenvalue weighted by molar-refractivity contribution is 0.617. The minimum atomic E-state index is -0.298. The molecule has 0 atom stereocenters. The molecule has 3 heteroatoms. The van der Waals surface area contributed by atoms with E-state index in [1.807, 2.05) is 0 Å². The van der Waals surface area contributed by atoms with Gasteiger partial charge in [0.2, 0.25) is 0 Å². The van der Waals surface area contributed by atoms with Crippen molar-refractivity contribution in [2.75, 3.05) is 6.54 Å². The summed E-state index contributed by atoms with van der Waals surface area (Å²) in [6.45, 7) is 3.46. The zero-order valence-electron chi connectivity index (χ0n) is 10.9. The molecule has 0 saturated heterocycles. The molecule has 2 aromatic carbocycles. The lowest BCUT2D eigenvalue weighted by Crippen LogP contribution is -2.14. The summed E-state index contributed by atoms with van der Waals surface area (Å²) >= 11 is 0. The topological polar surface area (TPSA) is 12.0 Å². The van der Waals surface area contributed by atoms with Gasteiger partial charge < -0.3 is 5.32 Å². The van der Waals surface area contributed by atoms with E-state index >= 15 is 0 Å². The molecule has 0 spiro atoms. The third kappa shape index (κ3) is 3.38. The lowest BCUT2D eigenvalue weighted by Gasteiger charge is -2.11.